The lowest BCUT2D eigenvalue weighted by Gasteiger charge is -2.10. The maximum absolute atomic E-state index is 6.45. The number of rotatable bonds is 5. The van der Waals surface area contributed by atoms with Crippen molar-refractivity contribution in [2.24, 2.45) is 0 Å². The van der Waals surface area contributed by atoms with E-state index in [9.17, 15) is 0 Å². The fraction of sp³-hybridized carbons (Fsp3) is 0. The summed E-state index contributed by atoms with van der Waals surface area (Å²) in [5, 5.41) is 3.30. The van der Waals surface area contributed by atoms with Crippen LogP contribution >= 0.6 is 11.3 Å². The highest BCUT2D eigenvalue weighted by molar-refractivity contribution is 7.26. The molecule has 0 spiro atoms. The molecule has 0 bridgehead atoms. The van der Waals surface area contributed by atoms with Crippen LogP contribution in [0.5, 0.6) is 0 Å². The second-order valence-corrected chi connectivity index (χ2v) is 13.3. The number of hydrogen-bond donors (Lipinski definition) is 0. The van der Waals surface area contributed by atoms with Gasteiger partial charge in [0.25, 0.3) is 0 Å². The number of para-hydroxylation sites is 1. The first kappa shape index (κ1) is 28.5. The predicted molar refractivity (Wildman–Crippen MR) is 205 cm³/mol. The van der Waals surface area contributed by atoms with Crippen molar-refractivity contribution in [1.82, 2.24) is 19.9 Å². The summed E-state index contributed by atoms with van der Waals surface area (Å²) in [6, 6.07) is 53.9. The van der Waals surface area contributed by atoms with Gasteiger partial charge in [0.2, 0.25) is 0 Å². The van der Waals surface area contributed by atoms with E-state index in [0.29, 0.717) is 17.5 Å². The maximum Gasteiger partial charge on any atom is 0.164 e. The molecule has 0 unspecified atom stereocenters. The quantitative estimate of drug-likeness (QED) is 0.184. The van der Waals surface area contributed by atoms with Gasteiger partial charge in [-0.2, -0.15) is 0 Å². The van der Waals surface area contributed by atoms with Gasteiger partial charge < -0.3 is 4.42 Å². The molecule has 5 nitrogen and oxygen atoms in total. The largest absolute Gasteiger partial charge is 0.454 e. The average molecular weight is 659 g/mol. The molecule has 4 heterocycles. The van der Waals surface area contributed by atoms with Gasteiger partial charge in [-0.1, -0.05) is 140 Å². The summed E-state index contributed by atoms with van der Waals surface area (Å²) in [6.45, 7) is 0. The van der Waals surface area contributed by atoms with Crippen LogP contribution in [0.25, 0.3) is 98.8 Å². The van der Waals surface area contributed by atoms with Crippen LogP contribution in [0.15, 0.2) is 162 Å². The van der Waals surface area contributed by atoms with Gasteiger partial charge in [0.15, 0.2) is 23.1 Å². The van der Waals surface area contributed by atoms with Crippen molar-refractivity contribution in [3.05, 3.63) is 158 Å². The molecule has 0 N–H and O–H groups in total. The van der Waals surface area contributed by atoms with Crippen LogP contribution in [-0.2, 0) is 0 Å². The number of aromatic nitrogens is 4. The molecule has 0 saturated heterocycles. The highest BCUT2D eigenvalue weighted by atomic mass is 32.1. The summed E-state index contributed by atoms with van der Waals surface area (Å²) in [4.78, 5) is 20.2. The van der Waals surface area contributed by atoms with E-state index >= 15 is 0 Å². The van der Waals surface area contributed by atoms with Crippen LogP contribution in [0.1, 0.15) is 0 Å². The molecule has 234 valence electrons. The molecule has 6 aromatic carbocycles. The first-order valence-electron chi connectivity index (χ1n) is 16.5. The van der Waals surface area contributed by atoms with Crippen molar-refractivity contribution in [3.63, 3.8) is 0 Å². The van der Waals surface area contributed by atoms with E-state index in [-0.39, 0.29) is 0 Å². The topological polar surface area (TPSA) is 64.7 Å². The number of benzene rings is 6. The van der Waals surface area contributed by atoms with Crippen LogP contribution in [0.3, 0.4) is 0 Å². The minimum atomic E-state index is 0.615. The Kier molecular flexibility index (Phi) is 6.60. The molecule has 0 radical (unpaired) electrons. The molecule has 0 amide bonds. The van der Waals surface area contributed by atoms with Crippen molar-refractivity contribution < 1.29 is 4.42 Å². The van der Waals surface area contributed by atoms with Crippen molar-refractivity contribution in [3.8, 4) is 56.5 Å². The minimum Gasteiger partial charge on any atom is -0.454 e. The molecule has 10 rings (SSSR count). The molecule has 0 atom stereocenters. The summed E-state index contributed by atoms with van der Waals surface area (Å²) >= 11 is 1.75. The second kappa shape index (κ2) is 11.6. The Morgan fingerprint density at radius 1 is 0.400 bits per heavy atom. The first-order chi connectivity index (χ1) is 24.8. The molecule has 0 saturated carbocycles. The Hall–Kier alpha value is -6.50. The summed E-state index contributed by atoms with van der Waals surface area (Å²) < 4.78 is 8.76. The van der Waals surface area contributed by atoms with Gasteiger partial charge in [-0.15, -0.1) is 11.3 Å². The van der Waals surface area contributed by atoms with Crippen LogP contribution < -0.4 is 0 Å². The molecule has 10 aromatic rings. The molecule has 0 fully saturated rings. The zero-order valence-electron chi connectivity index (χ0n) is 26.6. The summed E-state index contributed by atoms with van der Waals surface area (Å²) in [7, 11) is 0. The smallest absolute Gasteiger partial charge is 0.164 e. The van der Waals surface area contributed by atoms with Gasteiger partial charge in [0, 0.05) is 43.1 Å². The third kappa shape index (κ3) is 4.77. The monoisotopic (exact) mass is 658 g/mol. The third-order valence-electron chi connectivity index (χ3n) is 9.16. The van der Waals surface area contributed by atoms with E-state index in [0.717, 1.165) is 65.7 Å². The Morgan fingerprint density at radius 3 is 1.54 bits per heavy atom. The van der Waals surface area contributed by atoms with Crippen LogP contribution in [0, 0.1) is 0 Å². The highest BCUT2D eigenvalue weighted by Crippen LogP contribution is 2.45. The molecule has 4 aromatic heterocycles. The number of fused-ring (bicyclic) bond motifs is 7. The lowest BCUT2D eigenvalue weighted by molar-refractivity contribution is 0.672. The normalized spacial score (nSPS) is 11.6. The van der Waals surface area contributed by atoms with Gasteiger partial charge in [-0.05, 0) is 29.3 Å². The Bertz CT molecular complexity index is 2840. The first-order valence-corrected chi connectivity index (χ1v) is 17.3. The zero-order valence-corrected chi connectivity index (χ0v) is 27.4. The van der Waals surface area contributed by atoms with Gasteiger partial charge in [0.05, 0.1) is 10.4 Å². The second-order valence-electron chi connectivity index (χ2n) is 12.2. The number of furan rings is 1. The lowest BCUT2D eigenvalue weighted by Crippen LogP contribution is -2.00. The van der Waals surface area contributed by atoms with Gasteiger partial charge in [-0.25, -0.2) is 19.9 Å². The average Bonchev–Trinajstić information content (AvgIpc) is 3.77. The fourth-order valence-corrected chi connectivity index (χ4v) is 7.89. The van der Waals surface area contributed by atoms with Crippen LogP contribution in [0.4, 0.5) is 0 Å². The Morgan fingerprint density at radius 2 is 0.880 bits per heavy atom. The fourth-order valence-electron chi connectivity index (χ4n) is 6.68. The van der Waals surface area contributed by atoms with Crippen LogP contribution in [0.2, 0.25) is 0 Å². The summed E-state index contributed by atoms with van der Waals surface area (Å²) in [5.41, 5.74) is 9.59. The number of thiophene rings is 1. The van der Waals surface area contributed by atoms with E-state index in [1.165, 1.54) is 15.6 Å². The third-order valence-corrected chi connectivity index (χ3v) is 10.3. The van der Waals surface area contributed by atoms with E-state index in [4.69, 9.17) is 24.4 Å². The van der Waals surface area contributed by atoms with Crippen molar-refractivity contribution in [2.45, 2.75) is 0 Å². The molecule has 0 aliphatic rings. The summed E-state index contributed by atoms with van der Waals surface area (Å²) in [5.74, 6) is 1.88. The number of pyridine rings is 1. The van der Waals surface area contributed by atoms with Gasteiger partial charge in [0.1, 0.15) is 11.1 Å². The molecule has 0 aliphatic carbocycles. The Balaban J connectivity index is 1.10. The van der Waals surface area contributed by atoms with Crippen molar-refractivity contribution >= 4 is 53.6 Å². The van der Waals surface area contributed by atoms with E-state index in [1.807, 2.05) is 54.6 Å². The molecule has 50 heavy (non-hydrogen) atoms. The molecule has 0 aliphatic heterocycles. The Labute approximate surface area is 291 Å². The molecular formula is C44H26N4OS. The van der Waals surface area contributed by atoms with E-state index in [2.05, 4.69) is 103 Å². The van der Waals surface area contributed by atoms with E-state index in [1.54, 1.807) is 11.3 Å². The highest BCUT2D eigenvalue weighted by Gasteiger charge is 2.21. The SMILES string of the molecule is c1ccc(-c2ccc(-c3nc(-c4ccccc4)nc(-c4ccc(-c5nc6c7ccccc7oc6c6c5sc5ccccc56)cc4)n3)cc2)cc1. The van der Waals surface area contributed by atoms with E-state index < -0.39 is 0 Å². The van der Waals surface area contributed by atoms with Gasteiger partial charge >= 0.3 is 0 Å². The van der Waals surface area contributed by atoms with Crippen molar-refractivity contribution in [2.75, 3.05) is 0 Å². The van der Waals surface area contributed by atoms with Crippen LogP contribution in [-0.4, -0.2) is 19.9 Å². The minimum absolute atomic E-state index is 0.615. The summed E-state index contributed by atoms with van der Waals surface area (Å²) in [6.07, 6.45) is 0. The molecule has 6 heteroatoms. The predicted octanol–water partition coefficient (Wildman–Crippen LogP) is 11.9. The van der Waals surface area contributed by atoms with Crippen molar-refractivity contribution in [1.29, 1.82) is 0 Å². The lowest BCUT2D eigenvalue weighted by atomic mass is 10.0. The number of hydrogen-bond acceptors (Lipinski definition) is 6. The zero-order chi connectivity index (χ0) is 33.0. The number of nitrogens with zero attached hydrogens (tertiary/aromatic N) is 4. The molecular weight excluding hydrogens is 633 g/mol. The standard InChI is InChI=1S/C44H26N4OS/c1-3-11-27(12-4-1)28-19-23-31(24-20-28)43-46-42(30-13-5-2-6-14-30)47-44(48-43)32-25-21-29(22-26-32)38-41-37(34-16-8-10-18-36(34)50-41)40-39(45-38)33-15-7-9-17-35(33)49-40/h1-26H. The van der Waals surface area contributed by atoms with Gasteiger partial charge in [-0.3, -0.25) is 0 Å². The maximum atomic E-state index is 6.45.